The van der Waals surface area contributed by atoms with Crippen LogP contribution >= 0.6 is 0 Å². The molecule has 1 N–H and O–H groups in total. The van der Waals surface area contributed by atoms with E-state index in [1.54, 1.807) is 15.6 Å². The quantitative estimate of drug-likeness (QED) is 0.391. The highest BCUT2D eigenvalue weighted by atomic mass is 16.6. The third kappa shape index (κ3) is 6.70. The minimum atomic E-state index is -0.609. The summed E-state index contributed by atoms with van der Waals surface area (Å²) >= 11 is 0. The molecule has 3 aromatic rings. The lowest BCUT2D eigenvalue weighted by molar-refractivity contribution is 0.0575. The second-order valence-electron chi connectivity index (χ2n) is 8.99. The van der Waals surface area contributed by atoms with Crippen LogP contribution < -0.4 is 10.2 Å². The summed E-state index contributed by atoms with van der Waals surface area (Å²) in [5, 5.41) is 7.83. The number of rotatable bonds is 10. The lowest BCUT2D eigenvalue weighted by Gasteiger charge is -2.28. The number of fused-ring (bicyclic) bond motifs is 1. The normalized spacial score (nSPS) is 11.5. The first-order valence-electron chi connectivity index (χ1n) is 11.5. The van der Waals surface area contributed by atoms with Crippen molar-refractivity contribution < 1.29 is 9.53 Å². The molecule has 0 saturated carbocycles. The number of nitrogens with one attached hydrogen (secondary N) is 1. The van der Waals surface area contributed by atoms with E-state index < -0.39 is 11.7 Å². The molecule has 1 aromatic carbocycles. The van der Waals surface area contributed by atoms with Gasteiger partial charge in [-0.05, 0) is 32.8 Å². The predicted octanol–water partition coefficient (Wildman–Crippen LogP) is 6.05. The Hall–Kier alpha value is -3.09. The van der Waals surface area contributed by atoms with Gasteiger partial charge in [0.05, 0.1) is 12.7 Å². The molecule has 2 aromatic heterocycles. The van der Waals surface area contributed by atoms with Gasteiger partial charge in [0.2, 0.25) is 0 Å². The van der Waals surface area contributed by atoms with Crippen LogP contribution in [0.1, 0.15) is 65.4 Å². The molecule has 0 fully saturated rings. The Kier molecular flexibility index (Phi) is 8.09. The summed E-state index contributed by atoms with van der Waals surface area (Å²) in [6.07, 6.45) is 7.31. The molecular formula is C25H35N5O2. The lowest BCUT2D eigenvalue weighted by Crippen LogP contribution is -2.37. The summed E-state index contributed by atoms with van der Waals surface area (Å²) < 4.78 is 7.41. The first-order chi connectivity index (χ1) is 15.4. The van der Waals surface area contributed by atoms with Gasteiger partial charge in [-0.15, -0.1) is 0 Å². The van der Waals surface area contributed by atoms with Crippen molar-refractivity contribution >= 4 is 23.4 Å². The van der Waals surface area contributed by atoms with Gasteiger partial charge in [0.25, 0.3) is 0 Å². The molecule has 1 amide bonds. The van der Waals surface area contributed by atoms with Crippen molar-refractivity contribution in [1.29, 1.82) is 0 Å². The smallest absolute Gasteiger partial charge is 0.416 e. The molecule has 0 unspecified atom stereocenters. The topological polar surface area (TPSA) is 71.8 Å². The molecule has 0 spiro atoms. The third-order valence-electron chi connectivity index (χ3n) is 5.00. The second-order valence-corrected chi connectivity index (χ2v) is 8.99. The van der Waals surface area contributed by atoms with Crippen LogP contribution in [0.4, 0.5) is 16.4 Å². The SMILES string of the molecule is CCCCCCCNc1cc(N(Cc2ccccc2)C(=O)OC(C)(C)C)n2nccc2n1. The standard InChI is InChI=1S/C25H35N5O2/c1-5-6-7-8-12-16-26-21-18-23(30-22(28-21)15-17-27-30)29(24(31)32-25(2,3)4)19-20-13-10-9-11-14-20/h9-11,13-15,17-18H,5-8,12,16,19H2,1-4H3,(H,26,28). The number of aromatic nitrogens is 3. The Morgan fingerprint density at radius 3 is 2.56 bits per heavy atom. The van der Waals surface area contributed by atoms with Gasteiger partial charge < -0.3 is 10.1 Å². The molecule has 2 heterocycles. The number of anilines is 2. The van der Waals surface area contributed by atoms with E-state index in [9.17, 15) is 4.79 Å². The molecule has 0 aliphatic rings. The van der Waals surface area contributed by atoms with E-state index in [0.717, 1.165) is 24.3 Å². The van der Waals surface area contributed by atoms with Gasteiger partial charge in [0, 0.05) is 18.7 Å². The zero-order chi connectivity index (χ0) is 23.0. The maximum Gasteiger partial charge on any atom is 0.416 e. The maximum absolute atomic E-state index is 13.2. The molecule has 0 bridgehead atoms. The minimum Gasteiger partial charge on any atom is -0.443 e. The van der Waals surface area contributed by atoms with Crippen LogP contribution in [-0.2, 0) is 11.3 Å². The van der Waals surface area contributed by atoms with E-state index in [2.05, 4.69) is 22.3 Å². The number of hydrogen-bond donors (Lipinski definition) is 1. The van der Waals surface area contributed by atoms with Gasteiger partial charge >= 0.3 is 6.09 Å². The van der Waals surface area contributed by atoms with E-state index in [4.69, 9.17) is 4.74 Å². The Balaban J connectivity index is 1.88. The molecule has 7 heteroatoms. The molecule has 7 nitrogen and oxygen atoms in total. The highest BCUT2D eigenvalue weighted by Gasteiger charge is 2.26. The fourth-order valence-electron chi connectivity index (χ4n) is 3.45. The summed E-state index contributed by atoms with van der Waals surface area (Å²) in [6, 6.07) is 13.6. The highest BCUT2D eigenvalue weighted by Crippen LogP contribution is 2.24. The van der Waals surface area contributed by atoms with Crippen LogP contribution in [0.15, 0.2) is 48.7 Å². The number of ether oxygens (including phenoxy) is 1. The predicted molar refractivity (Wildman–Crippen MR) is 129 cm³/mol. The highest BCUT2D eigenvalue weighted by molar-refractivity contribution is 5.87. The Labute approximate surface area is 190 Å². The number of benzene rings is 1. The van der Waals surface area contributed by atoms with Crippen LogP contribution in [0.3, 0.4) is 0 Å². The first-order valence-corrected chi connectivity index (χ1v) is 11.5. The van der Waals surface area contributed by atoms with Crippen LogP contribution in [0.5, 0.6) is 0 Å². The van der Waals surface area contributed by atoms with Crippen molar-refractivity contribution in [3.63, 3.8) is 0 Å². The number of carbonyl (C=O) groups is 1. The Morgan fingerprint density at radius 1 is 1.09 bits per heavy atom. The van der Waals surface area contributed by atoms with Crippen molar-refractivity contribution in [3.8, 4) is 0 Å². The zero-order valence-electron chi connectivity index (χ0n) is 19.7. The van der Waals surface area contributed by atoms with Crippen molar-refractivity contribution in [3.05, 3.63) is 54.2 Å². The summed E-state index contributed by atoms with van der Waals surface area (Å²) in [4.78, 5) is 19.5. The van der Waals surface area contributed by atoms with Gasteiger partial charge in [-0.3, -0.25) is 4.90 Å². The lowest BCUT2D eigenvalue weighted by atomic mass is 10.1. The monoisotopic (exact) mass is 437 g/mol. The van der Waals surface area contributed by atoms with Gasteiger partial charge in [0.1, 0.15) is 17.2 Å². The van der Waals surface area contributed by atoms with Gasteiger partial charge in [-0.2, -0.15) is 9.61 Å². The molecule has 0 aliphatic heterocycles. The summed E-state index contributed by atoms with van der Waals surface area (Å²) in [6.45, 7) is 9.03. The van der Waals surface area contributed by atoms with E-state index >= 15 is 0 Å². The van der Waals surface area contributed by atoms with Crippen LogP contribution in [0.25, 0.3) is 5.65 Å². The minimum absolute atomic E-state index is 0.366. The molecule has 0 saturated heterocycles. The fraction of sp³-hybridized carbons (Fsp3) is 0.480. The van der Waals surface area contributed by atoms with E-state index in [1.165, 1.54) is 25.7 Å². The average Bonchev–Trinajstić information content (AvgIpc) is 3.22. The van der Waals surface area contributed by atoms with E-state index in [1.807, 2.05) is 63.2 Å². The second kappa shape index (κ2) is 11.0. The van der Waals surface area contributed by atoms with Crippen molar-refractivity contribution in [2.75, 3.05) is 16.8 Å². The first kappa shape index (κ1) is 23.6. The molecule has 0 aliphatic carbocycles. The number of amides is 1. The molecule has 3 rings (SSSR count). The molecule has 172 valence electrons. The van der Waals surface area contributed by atoms with Crippen molar-refractivity contribution in [2.45, 2.75) is 71.9 Å². The van der Waals surface area contributed by atoms with Gasteiger partial charge in [-0.1, -0.05) is 62.9 Å². The maximum atomic E-state index is 13.2. The van der Waals surface area contributed by atoms with Crippen LogP contribution in [0, 0.1) is 0 Å². The summed E-state index contributed by atoms with van der Waals surface area (Å²) in [7, 11) is 0. The van der Waals surface area contributed by atoms with Crippen molar-refractivity contribution in [2.24, 2.45) is 0 Å². The summed E-state index contributed by atoms with van der Waals surface area (Å²) in [5.74, 6) is 1.34. The molecule has 0 radical (unpaired) electrons. The van der Waals surface area contributed by atoms with Crippen LogP contribution in [-0.4, -0.2) is 32.8 Å². The number of unbranched alkanes of at least 4 members (excludes halogenated alkanes) is 4. The fourth-order valence-corrected chi connectivity index (χ4v) is 3.45. The van der Waals surface area contributed by atoms with Crippen LogP contribution in [0.2, 0.25) is 0 Å². The molecule has 32 heavy (non-hydrogen) atoms. The summed E-state index contributed by atoms with van der Waals surface area (Å²) in [5.41, 5.74) is 1.07. The third-order valence-corrected chi connectivity index (χ3v) is 5.00. The number of carbonyl (C=O) groups excluding carboxylic acids is 1. The number of nitrogens with zero attached hydrogens (tertiary/aromatic N) is 4. The largest absolute Gasteiger partial charge is 0.443 e. The van der Waals surface area contributed by atoms with Gasteiger partial charge in [-0.25, -0.2) is 9.78 Å². The van der Waals surface area contributed by atoms with E-state index in [-0.39, 0.29) is 0 Å². The average molecular weight is 438 g/mol. The van der Waals surface area contributed by atoms with E-state index in [0.29, 0.717) is 18.0 Å². The molecular weight excluding hydrogens is 402 g/mol. The Bertz CT molecular complexity index is 994. The zero-order valence-corrected chi connectivity index (χ0v) is 19.7. The molecule has 0 atom stereocenters. The van der Waals surface area contributed by atoms with Crippen molar-refractivity contribution in [1.82, 2.24) is 14.6 Å². The number of hydrogen-bond acceptors (Lipinski definition) is 5. The Morgan fingerprint density at radius 2 is 1.84 bits per heavy atom. The van der Waals surface area contributed by atoms with Gasteiger partial charge in [0.15, 0.2) is 5.65 Å².